The van der Waals surface area contributed by atoms with Crippen LogP contribution in [0.2, 0.25) is 0 Å². The lowest BCUT2D eigenvalue weighted by atomic mass is 9.84. The van der Waals surface area contributed by atoms with Crippen LogP contribution in [0.15, 0.2) is 0 Å². The van der Waals surface area contributed by atoms with Gasteiger partial charge < -0.3 is 9.90 Å². The summed E-state index contributed by atoms with van der Waals surface area (Å²) in [7, 11) is 0. The molecule has 2 nitrogen and oxygen atoms in total. The summed E-state index contributed by atoms with van der Waals surface area (Å²) in [5, 5.41) is 9.88. The molecule has 14 heavy (non-hydrogen) atoms. The van der Waals surface area contributed by atoms with Gasteiger partial charge in [0.2, 0.25) is 0 Å². The van der Waals surface area contributed by atoms with Gasteiger partial charge in [0.15, 0.2) is 3.79 Å². The molecule has 0 aromatic rings. The molecule has 1 atom stereocenters. The van der Waals surface area contributed by atoms with E-state index < -0.39 is 20.6 Å². The van der Waals surface area contributed by atoms with E-state index >= 15 is 0 Å². The Labute approximate surface area is 103 Å². The Morgan fingerprint density at radius 3 is 2.07 bits per heavy atom. The number of rotatable bonds is 4. The van der Waals surface area contributed by atoms with Gasteiger partial charge in [-0.1, -0.05) is 48.7 Å². The van der Waals surface area contributed by atoms with Crippen LogP contribution in [0.1, 0.15) is 26.7 Å². The summed E-state index contributed by atoms with van der Waals surface area (Å²) in [5.41, 5.74) is -0.662. The Kier molecular flexibility index (Phi) is 5.34. The lowest BCUT2D eigenvalue weighted by molar-refractivity contribution is -0.307. The molecule has 0 bridgehead atoms. The Bertz CT molecular complexity index is 210. The van der Waals surface area contributed by atoms with E-state index in [9.17, 15) is 9.90 Å². The molecule has 1 unspecified atom stereocenters. The number of alkyl halides is 4. The third-order valence-electron chi connectivity index (χ3n) is 1.86. The van der Waals surface area contributed by atoms with Crippen LogP contribution < -0.4 is 5.11 Å². The van der Waals surface area contributed by atoms with E-state index in [1.165, 1.54) is 0 Å². The molecule has 0 saturated heterocycles. The number of carboxylic acids is 1. The molecule has 6 heteroatoms. The molecule has 0 fully saturated rings. The molecule has 0 rings (SSSR count). The van der Waals surface area contributed by atoms with Crippen LogP contribution in [0.25, 0.3) is 0 Å². The maximum atomic E-state index is 10.4. The highest BCUT2D eigenvalue weighted by Crippen LogP contribution is 2.40. The van der Waals surface area contributed by atoms with Gasteiger partial charge in [0.25, 0.3) is 0 Å². The maximum absolute atomic E-state index is 10.4. The number of hydrogen-bond donors (Lipinski definition) is 0. The number of carbonyl (C=O) groups excluding carboxylic acids is 1. The molecule has 0 heterocycles. The van der Waals surface area contributed by atoms with Crippen molar-refractivity contribution in [3.8, 4) is 0 Å². The number of halogens is 4. The summed E-state index contributed by atoms with van der Waals surface area (Å²) in [5.74, 6) is -1.16. The molecule has 0 N–H and O–H groups in total. The van der Waals surface area contributed by atoms with Gasteiger partial charge in [0.1, 0.15) is 0 Å². The summed E-state index contributed by atoms with van der Waals surface area (Å²) in [4.78, 5) is 10.4. The van der Waals surface area contributed by atoms with Crippen molar-refractivity contribution in [3.05, 3.63) is 0 Å². The predicted molar refractivity (Wildman–Crippen MR) is 58.0 cm³/mol. The fourth-order valence-electron chi connectivity index (χ4n) is 0.962. The lowest BCUT2D eigenvalue weighted by Gasteiger charge is -2.32. The Morgan fingerprint density at radius 2 is 1.79 bits per heavy atom. The van der Waals surface area contributed by atoms with Crippen LogP contribution in [0.5, 0.6) is 0 Å². The molecule has 0 aromatic heterocycles. The first-order valence-corrected chi connectivity index (χ1v) is 5.52. The maximum Gasteiger partial charge on any atom is 0.192 e. The van der Waals surface area contributed by atoms with Crippen LogP contribution in [0, 0.1) is 5.41 Å². The summed E-state index contributed by atoms with van der Waals surface area (Å²) in [6.45, 7) is 3.38. The Morgan fingerprint density at radius 1 is 1.36 bits per heavy atom. The summed E-state index contributed by atoms with van der Waals surface area (Å²) >= 11 is 22.6. The van der Waals surface area contributed by atoms with E-state index in [-0.39, 0.29) is 12.8 Å². The quantitative estimate of drug-likeness (QED) is 0.743. The number of aliphatic carboxylic acids is 1. The smallest absolute Gasteiger partial charge is 0.192 e. The Balaban J connectivity index is 4.35. The molecule has 84 valence electrons. The van der Waals surface area contributed by atoms with Crippen molar-refractivity contribution in [1.29, 1.82) is 0 Å². The molecule has 0 spiro atoms. The molecule has 0 aliphatic carbocycles. The van der Waals surface area contributed by atoms with E-state index in [4.69, 9.17) is 46.4 Å². The van der Waals surface area contributed by atoms with Crippen LogP contribution in [0.4, 0.5) is 0 Å². The highest BCUT2D eigenvalue weighted by Gasteiger charge is 2.34. The van der Waals surface area contributed by atoms with Gasteiger partial charge in [0, 0.05) is 17.8 Å². The first kappa shape index (κ1) is 14.6. The molecule has 0 saturated carbocycles. The zero-order chi connectivity index (χ0) is 11.6. The van der Waals surface area contributed by atoms with E-state index in [0.717, 1.165) is 0 Å². The summed E-state index contributed by atoms with van der Waals surface area (Å²) in [6, 6.07) is 0. The summed E-state index contributed by atoms with van der Waals surface area (Å²) in [6.07, 6.45) is -0.0680. The minimum atomic E-state index is -1.46. The summed E-state index contributed by atoms with van der Waals surface area (Å²) < 4.78 is -1.46. The van der Waals surface area contributed by atoms with Crippen molar-refractivity contribution < 1.29 is 9.90 Å². The van der Waals surface area contributed by atoms with Gasteiger partial charge in [-0.3, -0.25) is 0 Å². The topological polar surface area (TPSA) is 40.1 Å². The van der Waals surface area contributed by atoms with Gasteiger partial charge in [-0.05, 0) is 11.8 Å². The highest BCUT2D eigenvalue weighted by molar-refractivity contribution is 6.67. The van der Waals surface area contributed by atoms with Gasteiger partial charge in [-0.15, -0.1) is 11.6 Å². The number of carboxylic acid groups (broad SMARTS) is 1. The predicted octanol–water partition coefficient (Wildman–Crippen LogP) is 2.52. The first-order chi connectivity index (χ1) is 6.04. The number of hydrogen-bond acceptors (Lipinski definition) is 2. The Hall–Kier alpha value is 0.630. The molecule has 0 aliphatic heterocycles. The van der Waals surface area contributed by atoms with Crippen LogP contribution >= 0.6 is 46.4 Å². The van der Waals surface area contributed by atoms with Crippen molar-refractivity contribution in [2.45, 2.75) is 35.9 Å². The van der Waals surface area contributed by atoms with E-state index in [2.05, 4.69) is 0 Å². The third kappa shape index (κ3) is 6.18. The normalized spacial score (nSPS) is 15.3. The van der Waals surface area contributed by atoms with Gasteiger partial charge in [0.05, 0.1) is 0 Å². The SMILES string of the molecule is CC(C)(CC(=O)[O-])C(Cl)CC(Cl)(Cl)Cl. The molecule has 0 aliphatic rings. The molecule has 0 amide bonds. The molecule has 0 aromatic carbocycles. The van der Waals surface area contributed by atoms with Crippen molar-refractivity contribution in [2.75, 3.05) is 0 Å². The minimum Gasteiger partial charge on any atom is -0.550 e. The van der Waals surface area contributed by atoms with Crippen LogP contribution in [0.3, 0.4) is 0 Å². The second kappa shape index (κ2) is 5.11. The zero-order valence-electron chi connectivity index (χ0n) is 7.82. The standard InChI is InChI=1S/C8H12Cl4O2/c1-7(2,4-6(13)14)5(9)3-8(10,11)12/h5H,3-4H2,1-2H3,(H,13,14)/p-1. The monoisotopic (exact) mass is 279 g/mol. The van der Waals surface area contributed by atoms with E-state index in [1.807, 2.05) is 0 Å². The lowest BCUT2D eigenvalue weighted by Crippen LogP contribution is -2.35. The van der Waals surface area contributed by atoms with Crippen molar-refractivity contribution >= 4 is 52.4 Å². The molecule has 0 radical (unpaired) electrons. The molecular formula is C8H11Cl4O2-. The van der Waals surface area contributed by atoms with Crippen LogP contribution in [-0.2, 0) is 4.79 Å². The van der Waals surface area contributed by atoms with Crippen LogP contribution in [-0.4, -0.2) is 15.1 Å². The van der Waals surface area contributed by atoms with Gasteiger partial charge in [-0.2, -0.15) is 0 Å². The van der Waals surface area contributed by atoms with Gasteiger partial charge >= 0.3 is 0 Å². The highest BCUT2D eigenvalue weighted by atomic mass is 35.6. The van der Waals surface area contributed by atoms with Gasteiger partial charge in [-0.25, -0.2) is 0 Å². The average Bonchev–Trinajstić information content (AvgIpc) is 1.79. The van der Waals surface area contributed by atoms with Crippen molar-refractivity contribution in [3.63, 3.8) is 0 Å². The zero-order valence-corrected chi connectivity index (χ0v) is 10.8. The molecular weight excluding hydrogens is 270 g/mol. The third-order valence-corrected chi connectivity index (χ3v) is 3.07. The fourth-order valence-corrected chi connectivity index (χ4v) is 1.97. The first-order valence-electron chi connectivity index (χ1n) is 3.95. The largest absolute Gasteiger partial charge is 0.550 e. The minimum absolute atomic E-state index is 0.0967. The number of carbonyl (C=O) groups is 1. The van der Waals surface area contributed by atoms with E-state index in [0.29, 0.717) is 0 Å². The van der Waals surface area contributed by atoms with Crippen molar-refractivity contribution in [2.24, 2.45) is 5.41 Å². The average molecular weight is 281 g/mol. The fraction of sp³-hybridized carbons (Fsp3) is 0.875. The second-order valence-corrected chi connectivity index (χ2v) is 6.87. The second-order valence-electron chi connectivity index (χ2n) is 3.82. The van der Waals surface area contributed by atoms with E-state index in [1.54, 1.807) is 13.8 Å². The van der Waals surface area contributed by atoms with Crippen molar-refractivity contribution in [1.82, 2.24) is 0 Å².